The van der Waals surface area contributed by atoms with Crippen LogP contribution >= 0.6 is 11.6 Å². The second-order valence-electron chi connectivity index (χ2n) is 7.65. The molecule has 0 fully saturated rings. The van der Waals surface area contributed by atoms with Gasteiger partial charge in [0.25, 0.3) is 0 Å². The van der Waals surface area contributed by atoms with Crippen molar-refractivity contribution in [3.8, 4) is 6.07 Å². The lowest BCUT2D eigenvalue weighted by molar-refractivity contribution is 0.104. The predicted molar refractivity (Wildman–Crippen MR) is 110 cm³/mol. The molecule has 0 amide bonds. The van der Waals surface area contributed by atoms with Crippen molar-refractivity contribution in [3.05, 3.63) is 69.8 Å². The van der Waals surface area contributed by atoms with Gasteiger partial charge in [0.1, 0.15) is 0 Å². The monoisotopic (exact) mass is 379 g/mol. The molecular formula is C22H22ClN3O. The third kappa shape index (κ3) is 3.99. The topological polar surface area (TPSA) is 56.1 Å². The van der Waals surface area contributed by atoms with E-state index in [1.807, 2.05) is 31.1 Å². The molecule has 0 bridgehead atoms. The Balaban J connectivity index is 2.06. The van der Waals surface area contributed by atoms with E-state index in [-0.39, 0.29) is 11.3 Å². The van der Waals surface area contributed by atoms with Gasteiger partial charge in [-0.3, -0.25) is 4.79 Å². The first-order valence-corrected chi connectivity index (χ1v) is 9.12. The fourth-order valence-electron chi connectivity index (χ4n) is 3.33. The smallest absolute Gasteiger partial charge is 0.187 e. The van der Waals surface area contributed by atoms with Crippen LogP contribution in [-0.2, 0) is 6.42 Å². The molecule has 0 radical (unpaired) electrons. The van der Waals surface area contributed by atoms with Gasteiger partial charge in [0.05, 0.1) is 22.3 Å². The maximum Gasteiger partial charge on any atom is 0.187 e. The summed E-state index contributed by atoms with van der Waals surface area (Å²) in [6, 6.07) is 12.8. The van der Waals surface area contributed by atoms with Crippen molar-refractivity contribution >= 4 is 28.8 Å². The summed E-state index contributed by atoms with van der Waals surface area (Å²) < 4.78 is 0. The minimum absolute atomic E-state index is 0.105. The molecule has 0 saturated carbocycles. The first-order chi connectivity index (χ1) is 12.7. The number of fused-ring (bicyclic) bond motifs is 1. The average Bonchev–Trinajstić information content (AvgIpc) is 2.60. The summed E-state index contributed by atoms with van der Waals surface area (Å²) in [6.07, 6.45) is 2.45. The average molecular weight is 380 g/mol. The van der Waals surface area contributed by atoms with Crippen LogP contribution in [0.25, 0.3) is 5.70 Å². The molecule has 1 N–H and O–H groups in total. The van der Waals surface area contributed by atoms with Crippen LogP contribution in [0, 0.1) is 11.3 Å². The molecular weight excluding hydrogens is 358 g/mol. The van der Waals surface area contributed by atoms with E-state index < -0.39 is 0 Å². The first-order valence-electron chi connectivity index (χ1n) is 8.75. The molecule has 0 saturated heterocycles. The van der Waals surface area contributed by atoms with Gasteiger partial charge >= 0.3 is 0 Å². The largest absolute Gasteiger partial charge is 0.379 e. The van der Waals surface area contributed by atoms with Gasteiger partial charge in [0.2, 0.25) is 0 Å². The Morgan fingerprint density at radius 2 is 1.93 bits per heavy atom. The lowest BCUT2D eigenvalue weighted by atomic mass is 9.85. The fourth-order valence-corrected chi connectivity index (χ4v) is 3.69. The predicted octanol–water partition coefficient (Wildman–Crippen LogP) is 4.43. The highest BCUT2D eigenvalue weighted by atomic mass is 35.5. The Hall–Kier alpha value is -2.77. The second kappa shape index (κ2) is 7.09. The van der Waals surface area contributed by atoms with Crippen LogP contribution in [-0.4, -0.2) is 25.4 Å². The number of halogens is 1. The van der Waals surface area contributed by atoms with E-state index in [2.05, 4.69) is 25.2 Å². The molecule has 5 heteroatoms. The van der Waals surface area contributed by atoms with Crippen molar-refractivity contribution in [2.75, 3.05) is 19.0 Å². The molecule has 3 rings (SSSR count). The molecule has 0 aliphatic carbocycles. The summed E-state index contributed by atoms with van der Waals surface area (Å²) in [6.45, 7) is 4.20. The van der Waals surface area contributed by atoms with Gasteiger partial charge in [-0.05, 0) is 62.2 Å². The third-order valence-corrected chi connectivity index (χ3v) is 4.93. The van der Waals surface area contributed by atoms with E-state index in [9.17, 15) is 4.79 Å². The molecule has 4 nitrogen and oxygen atoms in total. The van der Waals surface area contributed by atoms with Crippen LogP contribution in [0.4, 0.5) is 5.69 Å². The van der Waals surface area contributed by atoms with Crippen LogP contribution in [0.2, 0.25) is 5.02 Å². The first kappa shape index (κ1) is 19.0. The van der Waals surface area contributed by atoms with E-state index in [4.69, 9.17) is 16.9 Å². The van der Waals surface area contributed by atoms with Crippen LogP contribution in [0.1, 0.15) is 40.9 Å². The molecule has 0 aromatic heterocycles. The van der Waals surface area contributed by atoms with Crippen LogP contribution in [0.3, 0.4) is 0 Å². The molecule has 0 atom stereocenters. The number of hydrogen-bond donors (Lipinski definition) is 1. The number of benzene rings is 2. The molecule has 2 aromatic carbocycles. The lowest BCUT2D eigenvalue weighted by Gasteiger charge is -2.36. The normalized spacial score (nSPS) is 16.2. The third-order valence-electron chi connectivity index (χ3n) is 4.62. The van der Waals surface area contributed by atoms with Gasteiger partial charge in [-0.1, -0.05) is 11.6 Å². The number of carbonyl (C=O) groups is 1. The fraction of sp³-hybridized carbons (Fsp3) is 0.273. The molecule has 1 aliphatic rings. The molecule has 27 heavy (non-hydrogen) atoms. The summed E-state index contributed by atoms with van der Waals surface area (Å²) in [5.41, 5.74) is 4.70. The molecule has 0 spiro atoms. The maximum absolute atomic E-state index is 12.8. The Morgan fingerprint density at radius 1 is 1.26 bits per heavy atom. The number of hydrogen-bond acceptors (Lipinski definition) is 4. The summed E-state index contributed by atoms with van der Waals surface area (Å²) in [5.74, 6) is -0.105. The van der Waals surface area contributed by atoms with E-state index in [1.54, 1.807) is 30.3 Å². The Bertz CT molecular complexity index is 966. The summed E-state index contributed by atoms with van der Waals surface area (Å²) in [5, 5.41) is 13.1. The number of allylic oxidation sites excluding steroid dienone is 1. The molecule has 1 aliphatic heterocycles. The SMILES string of the molecule is CN(C)c1cc2c(cc1Cl)CC(C)(C)NC2=CC(=O)c1ccc(C#N)cc1. The van der Waals surface area contributed by atoms with Crippen molar-refractivity contribution in [1.29, 1.82) is 5.26 Å². The van der Waals surface area contributed by atoms with Gasteiger partial charge < -0.3 is 10.2 Å². The van der Waals surface area contributed by atoms with Crippen molar-refractivity contribution in [2.24, 2.45) is 0 Å². The summed E-state index contributed by atoms with van der Waals surface area (Å²) >= 11 is 6.45. The zero-order valence-electron chi connectivity index (χ0n) is 15.9. The quantitative estimate of drug-likeness (QED) is 0.633. The van der Waals surface area contributed by atoms with E-state index in [0.29, 0.717) is 16.1 Å². The Morgan fingerprint density at radius 3 is 2.52 bits per heavy atom. The van der Waals surface area contributed by atoms with Gasteiger partial charge in [-0.15, -0.1) is 0 Å². The number of ketones is 1. The zero-order valence-corrected chi connectivity index (χ0v) is 16.7. The maximum atomic E-state index is 12.8. The van der Waals surface area contributed by atoms with Crippen molar-refractivity contribution < 1.29 is 4.79 Å². The molecule has 1 heterocycles. The van der Waals surface area contributed by atoms with E-state index in [0.717, 1.165) is 28.9 Å². The Kier molecular flexibility index (Phi) is 4.99. The minimum atomic E-state index is -0.188. The van der Waals surface area contributed by atoms with Crippen molar-refractivity contribution in [2.45, 2.75) is 25.8 Å². The number of carbonyl (C=O) groups excluding carboxylic acids is 1. The lowest BCUT2D eigenvalue weighted by Crippen LogP contribution is -2.44. The number of anilines is 1. The van der Waals surface area contributed by atoms with Crippen LogP contribution in [0.5, 0.6) is 0 Å². The summed E-state index contributed by atoms with van der Waals surface area (Å²) in [7, 11) is 3.89. The number of nitriles is 1. The minimum Gasteiger partial charge on any atom is -0.379 e. The van der Waals surface area contributed by atoms with Crippen LogP contribution < -0.4 is 10.2 Å². The number of nitrogens with zero attached hydrogens (tertiary/aromatic N) is 2. The number of nitrogens with one attached hydrogen (secondary N) is 1. The van der Waals surface area contributed by atoms with Crippen molar-refractivity contribution in [1.82, 2.24) is 5.32 Å². The molecule has 2 aromatic rings. The Labute approximate surface area is 165 Å². The van der Waals surface area contributed by atoms with E-state index >= 15 is 0 Å². The molecule has 138 valence electrons. The summed E-state index contributed by atoms with van der Waals surface area (Å²) in [4.78, 5) is 14.7. The van der Waals surface area contributed by atoms with Crippen molar-refractivity contribution in [3.63, 3.8) is 0 Å². The zero-order chi connectivity index (χ0) is 19.8. The second-order valence-corrected chi connectivity index (χ2v) is 8.06. The van der Waals surface area contributed by atoms with Gasteiger partial charge in [0, 0.05) is 42.5 Å². The number of rotatable bonds is 3. The van der Waals surface area contributed by atoms with Gasteiger partial charge in [-0.2, -0.15) is 5.26 Å². The highest BCUT2D eigenvalue weighted by Gasteiger charge is 2.29. The van der Waals surface area contributed by atoms with Crippen LogP contribution in [0.15, 0.2) is 42.5 Å². The highest BCUT2D eigenvalue weighted by molar-refractivity contribution is 6.33. The van der Waals surface area contributed by atoms with E-state index in [1.165, 1.54) is 0 Å². The van der Waals surface area contributed by atoms with Gasteiger partial charge in [-0.25, -0.2) is 0 Å². The molecule has 0 unspecified atom stereocenters. The van der Waals surface area contributed by atoms with Gasteiger partial charge in [0.15, 0.2) is 5.78 Å². The standard InChI is InChI=1S/C22H22ClN3O/c1-22(2)12-16-9-18(23)20(26(3)4)10-17(16)19(25-22)11-21(27)15-7-5-14(13-24)6-8-15/h5-11,25H,12H2,1-4H3. The highest BCUT2D eigenvalue weighted by Crippen LogP contribution is 2.36.